The number of benzene rings is 2. The van der Waals surface area contributed by atoms with Crippen molar-refractivity contribution < 1.29 is 9.47 Å². The highest BCUT2D eigenvalue weighted by Gasteiger charge is 2.20. The van der Waals surface area contributed by atoms with E-state index in [1.807, 2.05) is 0 Å². The number of rotatable bonds is 28. The van der Waals surface area contributed by atoms with Crippen molar-refractivity contribution in [3.8, 4) is 11.8 Å². The van der Waals surface area contributed by atoms with E-state index >= 15 is 0 Å². The highest BCUT2D eigenvalue weighted by Crippen LogP contribution is 2.42. The molecule has 266 valence electrons. The lowest BCUT2D eigenvalue weighted by atomic mass is 10.0. The number of aromatic nitrogens is 2. The zero-order valence-corrected chi connectivity index (χ0v) is 34.5. The summed E-state index contributed by atoms with van der Waals surface area (Å²) in [5.74, 6) is 1.48. The second-order valence-corrected chi connectivity index (χ2v) is 16.5. The fourth-order valence-electron chi connectivity index (χ4n) is 7.01. The topological polar surface area (TPSA) is 44.2 Å². The maximum Gasteiger partial charge on any atom is 0.222 e. The van der Waals surface area contributed by atoms with Crippen LogP contribution >= 0.6 is 45.2 Å². The van der Waals surface area contributed by atoms with E-state index in [0.717, 1.165) is 64.3 Å². The molecule has 4 rings (SSSR count). The fourth-order valence-corrected chi connectivity index (χ4v) is 8.22. The second kappa shape index (κ2) is 23.3. The molecule has 0 unspecified atom stereocenters. The standard InChI is InChI=1S/C42H62I2N2O2/c1-3-5-7-9-11-13-15-17-19-21-23-25-27-47-41-35-29-33(43)32-38-39(35)40-36(30-34(44)31-37(40)45-41)42(46-38)48-28-26-24-22-20-18-16-14-12-10-8-6-4-2/h29-32H,3-28H2,1-2H3. The first kappa shape index (κ1) is 39.6. The highest BCUT2D eigenvalue weighted by atomic mass is 127. The first-order valence-electron chi connectivity index (χ1n) is 19.7. The molecule has 0 aliphatic rings. The average Bonchev–Trinajstić information content (AvgIpc) is 3.07. The average molecular weight is 881 g/mol. The lowest BCUT2D eigenvalue weighted by molar-refractivity contribution is 0.297. The minimum Gasteiger partial charge on any atom is -0.477 e. The van der Waals surface area contributed by atoms with Crippen LogP contribution in [0, 0.1) is 7.14 Å². The molecular formula is C42H62I2N2O2. The zero-order valence-electron chi connectivity index (χ0n) is 30.2. The first-order chi connectivity index (χ1) is 23.6. The van der Waals surface area contributed by atoms with Gasteiger partial charge in [-0.2, -0.15) is 0 Å². The molecule has 0 atom stereocenters. The molecule has 4 aromatic rings. The summed E-state index contributed by atoms with van der Waals surface area (Å²) in [6, 6.07) is 8.76. The van der Waals surface area contributed by atoms with Crippen molar-refractivity contribution >= 4 is 77.8 Å². The molecule has 0 N–H and O–H groups in total. The Balaban J connectivity index is 1.26. The molecule has 48 heavy (non-hydrogen) atoms. The van der Waals surface area contributed by atoms with Crippen LogP contribution in [0.4, 0.5) is 0 Å². The van der Waals surface area contributed by atoms with Crippen molar-refractivity contribution in [2.45, 2.75) is 168 Å². The van der Waals surface area contributed by atoms with Gasteiger partial charge in [0, 0.05) is 28.7 Å². The summed E-state index contributed by atoms with van der Waals surface area (Å²) in [7, 11) is 0. The highest BCUT2D eigenvalue weighted by molar-refractivity contribution is 14.1. The number of ether oxygens (including phenoxy) is 2. The van der Waals surface area contributed by atoms with Gasteiger partial charge in [-0.05, 0) is 82.3 Å². The molecule has 0 bridgehead atoms. The van der Waals surface area contributed by atoms with Crippen LogP contribution in [0.2, 0.25) is 0 Å². The van der Waals surface area contributed by atoms with Gasteiger partial charge >= 0.3 is 0 Å². The minimum atomic E-state index is 0.708. The predicted molar refractivity (Wildman–Crippen MR) is 224 cm³/mol. The zero-order chi connectivity index (χ0) is 33.8. The molecule has 2 heterocycles. The summed E-state index contributed by atoms with van der Waals surface area (Å²) in [5, 5.41) is 4.42. The van der Waals surface area contributed by atoms with E-state index in [0.29, 0.717) is 13.2 Å². The van der Waals surface area contributed by atoms with Crippen LogP contribution in [0.5, 0.6) is 11.8 Å². The number of hydrogen-bond acceptors (Lipinski definition) is 4. The molecular weight excluding hydrogens is 818 g/mol. The van der Waals surface area contributed by atoms with E-state index in [4.69, 9.17) is 19.4 Å². The fraction of sp³-hybridized carbons (Fsp3) is 0.667. The lowest BCUT2D eigenvalue weighted by Gasteiger charge is -2.17. The molecule has 0 saturated heterocycles. The van der Waals surface area contributed by atoms with E-state index in [9.17, 15) is 0 Å². The Labute approximate surface area is 319 Å². The molecule has 4 nitrogen and oxygen atoms in total. The second-order valence-electron chi connectivity index (χ2n) is 14.0. The first-order valence-corrected chi connectivity index (χ1v) is 21.9. The summed E-state index contributed by atoms with van der Waals surface area (Å²) in [6.45, 7) is 5.99. The van der Waals surface area contributed by atoms with E-state index in [2.05, 4.69) is 83.3 Å². The van der Waals surface area contributed by atoms with Crippen molar-refractivity contribution in [3.05, 3.63) is 31.4 Å². The van der Waals surface area contributed by atoms with Gasteiger partial charge in [-0.25, -0.2) is 9.97 Å². The summed E-state index contributed by atoms with van der Waals surface area (Å²) in [6.07, 6.45) is 32.2. The van der Waals surface area contributed by atoms with E-state index in [1.54, 1.807) is 0 Å². The van der Waals surface area contributed by atoms with Gasteiger partial charge in [0.25, 0.3) is 0 Å². The largest absolute Gasteiger partial charge is 0.477 e. The van der Waals surface area contributed by atoms with E-state index in [1.165, 1.54) is 141 Å². The van der Waals surface area contributed by atoms with E-state index in [-0.39, 0.29) is 0 Å². The maximum absolute atomic E-state index is 6.42. The van der Waals surface area contributed by atoms with Gasteiger partial charge in [-0.3, -0.25) is 0 Å². The van der Waals surface area contributed by atoms with Crippen LogP contribution in [-0.4, -0.2) is 23.2 Å². The van der Waals surface area contributed by atoms with Crippen LogP contribution in [0.3, 0.4) is 0 Å². The number of hydrogen-bond donors (Lipinski definition) is 0. The number of nitrogens with zero attached hydrogens (tertiary/aromatic N) is 2. The van der Waals surface area contributed by atoms with Crippen LogP contribution < -0.4 is 9.47 Å². The number of pyridine rings is 2. The molecule has 0 spiro atoms. The smallest absolute Gasteiger partial charge is 0.222 e. The molecule has 0 fully saturated rings. The Hall–Kier alpha value is -1.16. The third-order valence-electron chi connectivity index (χ3n) is 9.79. The molecule has 0 saturated carbocycles. The van der Waals surface area contributed by atoms with Crippen molar-refractivity contribution in [2.75, 3.05) is 13.2 Å². The van der Waals surface area contributed by atoms with Gasteiger partial charge in [0.15, 0.2) is 0 Å². The van der Waals surface area contributed by atoms with Crippen LogP contribution in [-0.2, 0) is 0 Å². The van der Waals surface area contributed by atoms with Crippen LogP contribution in [0.1, 0.15) is 168 Å². The van der Waals surface area contributed by atoms with Crippen molar-refractivity contribution in [1.82, 2.24) is 9.97 Å². The molecule has 2 aromatic carbocycles. The Morgan fingerprint density at radius 2 is 0.708 bits per heavy atom. The third kappa shape index (κ3) is 13.2. The quantitative estimate of drug-likeness (QED) is 0.0324. The third-order valence-corrected chi connectivity index (χ3v) is 11.0. The van der Waals surface area contributed by atoms with Gasteiger partial charge in [0.1, 0.15) is 0 Å². The Bertz CT molecular complexity index is 1350. The van der Waals surface area contributed by atoms with Crippen LogP contribution in [0.25, 0.3) is 32.6 Å². The number of unbranched alkanes of at least 4 members (excludes halogenated alkanes) is 22. The van der Waals surface area contributed by atoms with E-state index < -0.39 is 0 Å². The molecule has 2 aromatic heterocycles. The van der Waals surface area contributed by atoms with Crippen molar-refractivity contribution in [1.29, 1.82) is 0 Å². The van der Waals surface area contributed by atoms with Crippen molar-refractivity contribution in [2.24, 2.45) is 0 Å². The molecule has 0 aliphatic carbocycles. The van der Waals surface area contributed by atoms with Gasteiger partial charge < -0.3 is 9.47 Å². The number of halogens is 2. The van der Waals surface area contributed by atoms with Gasteiger partial charge in [-0.1, -0.05) is 155 Å². The maximum atomic E-state index is 6.42. The Kier molecular flexibility index (Phi) is 19.3. The summed E-state index contributed by atoms with van der Waals surface area (Å²) in [4.78, 5) is 10.2. The minimum absolute atomic E-state index is 0.708. The molecule has 0 amide bonds. The predicted octanol–water partition coefficient (Wildman–Crippen LogP) is 14.7. The van der Waals surface area contributed by atoms with Gasteiger partial charge in [-0.15, -0.1) is 0 Å². The van der Waals surface area contributed by atoms with Gasteiger partial charge in [0.2, 0.25) is 11.8 Å². The molecule has 6 heteroatoms. The Morgan fingerprint density at radius 1 is 0.417 bits per heavy atom. The normalized spacial score (nSPS) is 11.8. The monoisotopic (exact) mass is 880 g/mol. The van der Waals surface area contributed by atoms with Crippen molar-refractivity contribution in [3.63, 3.8) is 0 Å². The van der Waals surface area contributed by atoms with Gasteiger partial charge in [0.05, 0.1) is 24.2 Å². The molecule has 0 aliphatic heterocycles. The summed E-state index contributed by atoms with van der Waals surface area (Å²) in [5.41, 5.74) is 1.94. The lowest BCUT2D eigenvalue weighted by Crippen LogP contribution is -2.04. The Morgan fingerprint density at radius 3 is 1.02 bits per heavy atom. The van der Waals surface area contributed by atoms with Crippen LogP contribution in [0.15, 0.2) is 24.3 Å². The summed E-state index contributed by atoms with van der Waals surface area (Å²) < 4.78 is 15.1. The molecule has 0 radical (unpaired) electrons. The SMILES string of the molecule is CCCCCCCCCCCCCCOc1nc2cc(I)cc3c(OCCCCCCCCCCCCCC)nc4cc(I)cc1c4c23. The summed E-state index contributed by atoms with van der Waals surface area (Å²) >= 11 is 4.79.